The summed E-state index contributed by atoms with van der Waals surface area (Å²) >= 11 is 1.49. The third-order valence-electron chi connectivity index (χ3n) is 2.77. The fourth-order valence-electron chi connectivity index (χ4n) is 1.65. The summed E-state index contributed by atoms with van der Waals surface area (Å²) in [7, 11) is 0. The predicted octanol–water partition coefficient (Wildman–Crippen LogP) is 3.28. The summed E-state index contributed by atoms with van der Waals surface area (Å²) in [5.74, 6) is -0.346. The van der Waals surface area contributed by atoms with Crippen molar-refractivity contribution < 1.29 is 4.79 Å². The number of carbonyl (C=O) groups excluding carboxylic acids is 1. The number of carbonyl (C=O) groups is 1. The highest BCUT2D eigenvalue weighted by molar-refractivity contribution is 7.10. The van der Waals surface area contributed by atoms with Gasteiger partial charge in [0.25, 0.3) is 5.91 Å². The van der Waals surface area contributed by atoms with E-state index in [9.17, 15) is 4.79 Å². The summed E-state index contributed by atoms with van der Waals surface area (Å²) in [5, 5.41) is 13.7. The second-order valence-corrected chi connectivity index (χ2v) is 5.33. The molecule has 100 valence electrons. The highest BCUT2D eigenvalue weighted by Crippen LogP contribution is 2.13. The van der Waals surface area contributed by atoms with E-state index in [0.717, 1.165) is 10.4 Å². The van der Waals surface area contributed by atoms with Crippen molar-refractivity contribution >= 4 is 23.3 Å². The average molecular weight is 282 g/mol. The quantitative estimate of drug-likeness (QED) is 0.691. The van der Waals surface area contributed by atoms with Crippen LogP contribution in [0, 0.1) is 18.3 Å². The van der Waals surface area contributed by atoms with Gasteiger partial charge < -0.3 is 5.32 Å². The zero-order valence-electron chi connectivity index (χ0n) is 11.1. The maximum absolute atomic E-state index is 11.9. The molecule has 3 nitrogen and oxygen atoms in total. The summed E-state index contributed by atoms with van der Waals surface area (Å²) in [4.78, 5) is 12.8. The average Bonchev–Trinajstić information content (AvgIpc) is 2.97. The number of nitrogens with one attached hydrogen (secondary N) is 1. The van der Waals surface area contributed by atoms with Crippen LogP contribution in [0.15, 0.2) is 47.4 Å². The first kappa shape index (κ1) is 14.0. The molecule has 1 heterocycles. The minimum absolute atomic E-state index is 0.125. The molecule has 0 atom stereocenters. The van der Waals surface area contributed by atoms with E-state index in [1.807, 2.05) is 54.8 Å². The van der Waals surface area contributed by atoms with Crippen molar-refractivity contribution in [1.29, 1.82) is 5.26 Å². The van der Waals surface area contributed by atoms with Crippen molar-refractivity contribution in [2.24, 2.45) is 0 Å². The third-order valence-corrected chi connectivity index (χ3v) is 3.59. The van der Waals surface area contributed by atoms with E-state index in [1.54, 1.807) is 6.08 Å². The lowest BCUT2D eigenvalue weighted by atomic mass is 10.1. The van der Waals surface area contributed by atoms with Gasteiger partial charge in [-0.2, -0.15) is 5.26 Å². The number of hydrogen-bond acceptors (Lipinski definition) is 3. The summed E-state index contributed by atoms with van der Waals surface area (Å²) in [6.07, 6.45) is 1.61. The standard InChI is InChI=1S/C16H14N2OS/c1-12-4-6-13(7-5-12)11-18-16(19)14(10-17)9-15-3-2-8-20-15/h2-9H,11H2,1H3,(H,18,19)/b14-9-. The van der Waals surface area contributed by atoms with Crippen molar-refractivity contribution in [3.63, 3.8) is 0 Å². The van der Waals surface area contributed by atoms with Gasteiger partial charge in [-0.3, -0.25) is 4.79 Å². The molecule has 1 aromatic carbocycles. The lowest BCUT2D eigenvalue weighted by molar-refractivity contribution is -0.117. The molecule has 0 bridgehead atoms. The lowest BCUT2D eigenvalue weighted by Crippen LogP contribution is -2.23. The number of benzene rings is 1. The van der Waals surface area contributed by atoms with Gasteiger partial charge >= 0.3 is 0 Å². The topological polar surface area (TPSA) is 52.9 Å². The maximum atomic E-state index is 11.9. The molecule has 0 unspecified atom stereocenters. The van der Waals surface area contributed by atoms with E-state index in [2.05, 4.69) is 5.32 Å². The van der Waals surface area contributed by atoms with Gasteiger partial charge in [0, 0.05) is 11.4 Å². The van der Waals surface area contributed by atoms with Gasteiger partial charge in [-0.1, -0.05) is 35.9 Å². The molecule has 0 saturated carbocycles. The molecule has 1 amide bonds. The van der Waals surface area contributed by atoms with Crippen LogP contribution < -0.4 is 5.32 Å². The highest BCUT2D eigenvalue weighted by Gasteiger charge is 2.08. The van der Waals surface area contributed by atoms with Crippen LogP contribution in [0.25, 0.3) is 6.08 Å². The fraction of sp³-hybridized carbons (Fsp3) is 0.125. The Morgan fingerprint density at radius 1 is 1.35 bits per heavy atom. The summed E-state index contributed by atoms with van der Waals surface area (Å²) in [6.45, 7) is 2.43. The van der Waals surface area contributed by atoms with Crippen LogP contribution in [0.3, 0.4) is 0 Å². The first-order chi connectivity index (χ1) is 9.69. The Morgan fingerprint density at radius 3 is 2.70 bits per heavy atom. The number of rotatable bonds is 4. The Hall–Kier alpha value is -2.38. The molecular weight excluding hydrogens is 268 g/mol. The van der Waals surface area contributed by atoms with E-state index < -0.39 is 0 Å². The molecule has 0 radical (unpaired) electrons. The SMILES string of the molecule is Cc1ccc(CNC(=O)/C(C#N)=C\c2cccs2)cc1. The Bertz CT molecular complexity index is 649. The van der Waals surface area contributed by atoms with Gasteiger partial charge in [0.1, 0.15) is 11.6 Å². The molecule has 2 aromatic rings. The fourth-order valence-corrected chi connectivity index (χ4v) is 2.31. The van der Waals surface area contributed by atoms with E-state index in [0.29, 0.717) is 6.54 Å². The minimum atomic E-state index is -0.346. The van der Waals surface area contributed by atoms with Crippen molar-refractivity contribution in [1.82, 2.24) is 5.32 Å². The molecule has 0 aliphatic rings. The molecule has 0 aliphatic carbocycles. The van der Waals surface area contributed by atoms with Crippen LogP contribution in [0.2, 0.25) is 0 Å². The third kappa shape index (κ3) is 3.81. The van der Waals surface area contributed by atoms with Gasteiger partial charge in [-0.25, -0.2) is 0 Å². The number of nitriles is 1. The molecule has 4 heteroatoms. The van der Waals surface area contributed by atoms with E-state index >= 15 is 0 Å². The number of hydrogen-bond donors (Lipinski definition) is 1. The van der Waals surface area contributed by atoms with Crippen molar-refractivity contribution in [2.45, 2.75) is 13.5 Å². The van der Waals surface area contributed by atoms with Crippen LogP contribution in [0.4, 0.5) is 0 Å². The number of amides is 1. The molecule has 1 aromatic heterocycles. The first-order valence-corrected chi connectivity index (χ1v) is 7.06. The smallest absolute Gasteiger partial charge is 0.262 e. The van der Waals surface area contributed by atoms with Gasteiger partial charge in [0.2, 0.25) is 0 Å². The van der Waals surface area contributed by atoms with Crippen molar-refractivity contribution in [3.8, 4) is 6.07 Å². The Balaban J connectivity index is 2.00. The van der Waals surface area contributed by atoms with E-state index in [-0.39, 0.29) is 11.5 Å². The molecular formula is C16H14N2OS. The van der Waals surface area contributed by atoms with Gasteiger partial charge in [-0.05, 0) is 30.0 Å². The van der Waals surface area contributed by atoms with Crippen LogP contribution >= 0.6 is 11.3 Å². The van der Waals surface area contributed by atoms with Crippen LogP contribution in [0.5, 0.6) is 0 Å². The summed E-state index contributed by atoms with van der Waals surface area (Å²) in [6, 6.07) is 13.6. The van der Waals surface area contributed by atoms with Crippen LogP contribution in [-0.4, -0.2) is 5.91 Å². The van der Waals surface area contributed by atoms with Gasteiger partial charge in [0.05, 0.1) is 0 Å². The van der Waals surface area contributed by atoms with E-state index in [4.69, 9.17) is 5.26 Å². The van der Waals surface area contributed by atoms with Crippen LogP contribution in [-0.2, 0) is 11.3 Å². The molecule has 2 rings (SSSR count). The summed E-state index contributed by atoms with van der Waals surface area (Å²) < 4.78 is 0. The first-order valence-electron chi connectivity index (χ1n) is 6.18. The molecule has 1 N–H and O–H groups in total. The zero-order valence-corrected chi connectivity index (χ0v) is 11.9. The zero-order chi connectivity index (χ0) is 14.4. The normalized spacial score (nSPS) is 10.9. The molecule has 0 saturated heterocycles. The monoisotopic (exact) mass is 282 g/mol. The Morgan fingerprint density at radius 2 is 2.10 bits per heavy atom. The second-order valence-electron chi connectivity index (χ2n) is 4.35. The minimum Gasteiger partial charge on any atom is -0.347 e. The highest BCUT2D eigenvalue weighted by atomic mass is 32.1. The second kappa shape index (κ2) is 6.69. The Labute approximate surface area is 122 Å². The molecule has 0 aliphatic heterocycles. The Kier molecular flexibility index (Phi) is 4.70. The van der Waals surface area contributed by atoms with Crippen molar-refractivity contribution in [3.05, 3.63) is 63.4 Å². The van der Waals surface area contributed by atoms with Gasteiger partial charge in [0.15, 0.2) is 0 Å². The maximum Gasteiger partial charge on any atom is 0.262 e. The number of nitrogens with zero attached hydrogens (tertiary/aromatic N) is 1. The van der Waals surface area contributed by atoms with E-state index in [1.165, 1.54) is 16.9 Å². The number of aryl methyl sites for hydroxylation is 1. The predicted molar refractivity (Wildman–Crippen MR) is 80.9 cm³/mol. The largest absolute Gasteiger partial charge is 0.347 e. The molecule has 0 fully saturated rings. The number of thiophene rings is 1. The summed E-state index contributed by atoms with van der Waals surface area (Å²) in [5.41, 5.74) is 2.31. The van der Waals surface area contributed by atoms with Crippen molar-refractivity contribution in [2.75, 3.05) is 0 Å². The van der Waals surface area contributed by atoms with Crippen LogP contribution in [0.1, 0.15) is 16.0 Å². The molecule has 20 heavy (non-hydrogen) atoms. The van der Waals surface area contributed by atoms with Gasteiger partial charge in [-0.15, -0.1) is 11.3 Å². The lowest BCUT2D eigenvalue weighted by Gasteiger charge is -2.04. The molecule has 0 spiro atoms.